The monoisotopic (exact) mass is 243 g/mol. The summed E-state index contributed by atoms with van der Waals surface area (Å²) in [7, 11) is 1.24. The van der Waals surface area contributed by atoms with Crippen molar-refractivity contribution in [3.8, 4) is 0 Å². The first kappa shape index (κ1) is 13.6. The van der Waals surface area contributed by atoms with Gasteiger partial charge in [-0.3, -0.25) is 4.79 Å². The van der Waals surface area contributed by atoms with Crippen molar-refractivity contribution in [1.82, 2.24) is 0 Å². The van der Waals surface area contributed by atoms with Gasteiger partial charge in [-0.15, -0.1) is 0 Å². The van der Waals surface area contributed by atoms with Gasteiger partial charge < -0.3 is 10.5 Å². The Morgan fingerprint density at radius 1 is 1.29 bits per heavy atom. The van der Waals surface area contributed by atoms with E-state index in [1.807, 2.05) is 0 Å². The molecule has 17 heavy (non-hydrogen) atoms. The molecule has 1 atom stereocenters. The van der Waals surface area contributed by atoms with Crippen LogP contribution in [0.2, 0.25) is 0 Å². The molecule has 0 aliphatic heterocycles. The van der Waals surface area contributed by atoms with E-state index in [0.717, 1.165) is 18.2 Å². The molecule has 0 bridgehead atoms. The number of carbonyl (C=O) groups excluding carboxylic acids is 1. The molecule has 5 heteroatoms. The zero-order valence-electron chi connectivity index (χ0n) is 9.96. The fourth-order valence-corrected chi connectivity index (χ4v) is 1.56. The van der Waals surface area contributed by atoms with E-state index >= 15 is 0 Å². The Labute approximate surface area is 98.6 Å². The van der Waals surface area contributed by atoms with Gasteiger partial charge >= 0.3 is 5.97 Å². The standard InChI is InChI=1S/C12H15F2NO2/c1-12(2,11(16)17-3)10(15)7-4-8(13)6-9(14)5-7/h4-6,10H,15H2,1-3H3/t10-/m0/s1. The fraction of sp³-hybridized carbons (Fsp3) is 0.417. The third-order valence-corrected chi connectivity index (χ3v) is 2.73. The Balaban J connectivity index is 3.11. The van der Waals surface area contributed by atoms with Crippen molar-refractivity contribution in [2.45, 2.75) is 19.9 Å². The van der Waals surface area contributed by atoms with E-state index < -0.39 is 29.1 Å². The Kier molecular flexibility index (Phi) is 3.83. The number of esters is 1. The van der Waals surface area contributed by atoms with Gasteiger partial charge in [-0.1, -0.05) is 0 Å². The molecule has 0 spiro atoms. The lowest BCUT2D eigenvalue weighted by Crippen LogP contribution is -2.37. The van der Waals surface area contributed by atoms with Gasteiger partial charge in [-0.2, -0.15) is 0 Å². The molecular weight excluding hydrogens is 228 g/mol. The molecular formula is C12H15F2NO2. The molecule has 0 heterocycles. The third-order valence-electron chi connectivity index (χ3n) is 2.73. The van der Waals surface area contributed by atoms with Gasteiger partial charge in [-0.05, 0) is 31.5 Å². The Morgan fingerprint density at radius 2 is 1.76 bits per heavy atom. The fourth-order valence-electron chi connectivity index (χ4n) is 1.56. The smallest absolute Gasteiger partial charge is 0.313 e. The molecule has 0 saturated carbocycles. The third kappa shape index (κ3) is 2.79. The summed E-state index contributed by atoms with van der Waals surface area (Å²) in [5, 5.41) is 0. The maximum Gasteiger partial charge on any atom is 0.313 e. The Morgan fingerprint density at radius 3 is 2.18 bits per heavy atom. The minimum atomic E-state index is -1.06. The van der Waals surface area contributed by atoms with Crippen LogP contribution < -0.4 is 5.73 Å². The van der Waals surface area contributed by atoms with Crippen LogP contribution in [0.4, 0.5) is 8.78 Å². The highest BCUT2D eigenvalue weighted by atomic mass is 19.1. The van der Waals surface area contributed by atoms with E-state index in [1.54, 1.807) is 13.8 Å². The Bertz CT molecular complexity index is 412. The zero-order valence-corrected chi connectivity index (χ0v) is 9.96. The van der Waals surface area contributed by atoms with Gasteiger partial charge in [-0.25, -0.2) is 8.78 Å². The van der Waals surface area contributed by atoms with Gasteiger partial charge in [0.05, 0.1) is 12.5 Å². The van der Waals surface area contributed by atoms with Crippen molar-refractivity contribution in [2.24, 2.45) is 11.1 Å². The molecule has 94 valence electrons. The minimum Gasteiger partial charge on any atom is -0.469 e. The van der Waals surface area contributed by atoms with E-state index in [0.29, 0.717) is 0 Å². The van der Waals surface area contributed by atoms with Crippen molar-refractivity contribution in [3.05, 3.63) is 35.4 Å². The van der Waals surface area contributed by atoms with Gasteiger partial charge in [0.25, 0.3) is 0 Å². The SMILES string of the molecule is COC(=O)C(C)(C)[C@@H](N)c1cc(F)cc(F)c1. The number of rotatable bonds is 3. The highest BCUT2D eigenvalue weighted by molar-refractivity contribution is 5.77. The quantitative estimate of drug-likeness (QED) is 0.828. The van der Waals surface area contributed by atoms with Crippen LogP contribution in [0.25, 0.3) is 0 Å². The highest BCUT2D eigenvalue weighted by Gasteiger charge is 2.36. The molecule has 0 aliphatic carbocycles. The first-order valence-corrected chi connectivity index (χ1v) is 5.09. The molecule has 1 rings (SSSR count). The zero-order chi connectivity index (χ0) is 13.2. The van der Waals surface area contributed by atoms with Crippen molar-refractivity contribution < 1.29 is 18.3 Å². The number of ether oxygens (including phenoxy) is 1. The van der Waals surface area contributed by atoms with Crippen molar-refractivity contribution >= 4 is 5.97 Å². The van der Waals surface area contributed by atoms with E-state index in [2.05, 4.69) is 4.74 Å². The largest absolute Gasteiger partial charge is 0.469 e. The van der Waals surface area contributed by atoms with Crippen LogP contribution in [-0.4, -0.2) is 13.1 Å². The van der Waals surface area contributed by atoms with Crippen molar-refractivity contribution in [1.29, 1.82) is 0 Å². The van der Waals surface area contributed by atoms with Crippen LogP contribution in [0.1, 0.15) is 25.5 Å². The summed E-state index contributed by atoms with van der Waals surface area (Å²) in [6.07, 6.45) is 0. The highest BCUT2D eigenvalue weighted by Crippen LogP contribution is 2.33. The molecule has 0 radical (unpaired) electrons. The second-order valence-corrected chi connectivity index (χ2v) is 4.39. The van der Waals surface area contributed by atoms with E-state index in [-0.39, 0.29) is 5.56 Å². The lowest BCUT2D eigenvalue weighted by Gasteiger charge is -2.28. The Hall–Kier alpha value is -1.49. The molecule has 1 aromatic carbocycles. The maximum atomic E-state index is 13.0. The number of halogens is 2. The second-order valence-electron chi connectivity index (χ2n) is 4.39. The first-order valence-electron chi connectivity index (χ1n) is 5.09. The summed E-state index contributed by atoms with van der Waals surface area (Å²) in [4.78, 5) is 11.5. The van der Waals surface area contributed by atoms with Crippen LogP contribution in [0.5, 0.6) is 0 Å². The predicted molar refractivity (Wildman–Crippen MR) is 59.1 cm³/mol. The van der Waals surface area contributed by atoms with E-state index in [1.165, 1.54) is 7.11 Å². The molecule has 0 aliphatic rings. The molecule has 1 aromatic rings. The lowest BCUT2D eigenvalue weighted by atomic mass is 9.81. The topological polar surface area (TPSA) is 52.3 Å². The number of hydrogen-bond acceptors (Lipinski definition) is 3. The average molecular weight is 243 g/mol. The number of carbonyl (C=O) groups is 1. The summed E-state index contributed by atoms with van der Waals surface area (Å²) < 4.78 is 30.7. The molecule has 0 unspecified atom stereocenters. The van der Waals surface area contributed by atoms with Gasteiger partial charge in [0.15, 0.2) is 0 Å². The van der Waals surface area contributed by atoms with Crippen LogP contribution in [0.15, 0.2) is 18.2 Å². The van der Waals surface area contributed by atoms with Crippen molar-refractivity contribution in [3.63, 3.8) is 0 Å². The minimum absolute atomic E-state index is 0.220. The summed E-state index contributed by atoms with van der Waals surface area (Å²) >= 11 is 0. The molecule has 0 fully saturated rings. The van der Waals surface area contributed by atoms with Crippen molar-refractivity contribution in [2.75, 3.05) is 7.11 Å². The first-order chi connectivity index (χ1) is 7.78. The molecule has 2 N–H and O–H groups in total. The summed E-state index contributed by atoms with van der Waals surface area (Å²) in [6.45, 7) is 3.12. The van der Waals surface area contributed by atoms with Gasteiger partial charge in [0, 0.05) is 12.1 Å². The van der Waals surface area contributed by atoms with Crippen LogP contribution in [0.3, 0.4) is 0 Å². The number of benzene rings is 1. The van der Waals surface area contributed by atoms with Gasteiger partial charge in [0.2, 0.25) is 0 Å². The van der Waals surface area contributed by atoms with E-state index in [4.69, 9.17) is 5.73 Å². The maximum absolute atomic E-state index is 13.0. The second kappa shape index (κ2) is 4.79. The number of hydrogen-bond donors (Lipinski definition) is 1. The van der Waals surface area contributed by atoms with Crippen LogP contribution in [0, 0.1) is 17.0 Å². The van der Waals surface area contributed by atoms with Crippen LogP contribution in [-0.2, 0) is 9.53 Å². The average Bonchev–Trinajstić information content (AvgIpc) is 2.25. The van der Waals surface area contributed by atoms with Gasteiger partial charge in [0.1, 0.15) is 11.6 Å². The molecule has 0 amide bonds. The summed E-state index contributed by atoms with van der Waals surface area (Å²) in [6, 6.07) is 2.12. The van der Waals surface area contributed by atoms with Crippen LogP contribution >= 0.6 is 0 Å². The summed E-state index contributed by atoms with van der Waals surface area (Å²) in [5.74, 6) is -1.98. The molecule has 0 saturated heterocycles. The normalized spacial score (nSPS) is 13.3. The molecule has 0 aromatic heterocycles. The number of methoxy groups -OCH3 is 1. The lowest BCUT2D eigenvalue weighted by molar-refractivity contribution is -0.152. The van der Waals surface area contributed by atoms with E-state index in [9.17, 15) is 13.6 Å². The summed E-state index contributed by atoms with van der Waals surface area (Å²) in [5.41, 5.74) is 5.01. The molecule has 3 nitrogen and oxygen atoms in total. The number of nitrogens with two attached hydrogens (primary N) is 1. The predicted octanol–water partition coefficient (Wildman–Crippen LogP) is 2.16.